The van der Waals surface area contributed by atoms with E-state index >= 15 is 0 Å². The molecule has 0 aliphatic carbocycles. The van der Waals surface area contributed by atoms with Gasteiger partial charge in [-0.05, 0) is 56.2 Å². The number of amidine groups is 1. The maximum absolute atomic E-state index is 12.8. The predicted octanol–water partition coefficient (Wildman–Crippen LogP) is 4.46. The first-order chi connectivity index (χ1) is 18.2. The lowest BCUT2D eigenvalue weighted by molar-refractivity contribution is -0.203. The van der Waals surface area contributed by atoms with E-state index in [1.54, 1.807) is 36.4 Å². The van der Waals surface area contributed by atoms with Crippen LogP contribution in [0.5, 0.6) is 0 Å². The number of aliphatic imine (C=N–C) groups is 1. The van der Waals surface area contributed by atoms with Gasteiger partial charge >= 0.3 is 0 Å². The molecule has 4 rings (SSSR count). The Morgan fingerprint density at radius 2 is 1.90 bits per heavy atom. The summed E-state index contributed by atoms with van der Waals surface area (Å²) in [7, 11) is -2.10. The second-order valence-electron chi connectivity index (χ2n) is 11.8. The van der Waals surface area contributed by atoms with Crippen molar-refractivity contribution in [1.29, 1.82) is 10.7 Å². The van der Waals surface area contributed by atoms with Crippen molar-refractivity contribution in [1.82, 2.24) is 10.3 Å². The largest absolute Gasteiger partial charge is 0.414 e. The Hall–Kier alpha value is -3.14. The standard InChI is InChI=1S/C28H37N5O5Si/c1-26(2,3)39(6,7)35-15-20-22-23(38-27(4,5)37-22)28(16-29,36-20)21-14-13-19(32-21)24(31-17-30)33-25(34)18-11-9-8-10-12-18/h8-14,17,20,22-23,32H,15H2,1-7H3,(H2,30,31,33,34)/t20-,22-,23-,28+/m1/s1. The van der Waals surface area contributed by atoms with Gasteiger partial charge in [0, 0.05) is 5.56 Å². The van der Waals surface area contributed by atoms with Crippen molar-refractivity contribution in [2.75, 3.05) is 6.61 Å². The van der Waals surface area contributed by atoms with Crippen LogP contribution in [-0.4, -0.2) is 62.1 Å². The Morgan fingerprint density at radius 1 is 1.21 bits per heavy atom. The van der Waals surface area contributed by atoms with Crippen molar-refractivity contribution in [3.05, 3.63) is 59.4 Å². The van der Waals surface area contributed by atoms with Gasteiger partial charge in [-0.25, -0.2) is 4.99 Å². The summed E-state index contributed by atoms with van der Waals surface area (Å²) >= 11 is 0. The van der Waals surface area contributed by atoms with E-state index in [1.165, 1.54) is 0 Å². The van der Waals surface area contributed by atoms with Gasteiger partial charge in [-0.1, -0.05) is 39.0 Å². The van der Waals surface area contributed by atoms with E-state index in [-0.39, 0.29) is 23.4 Å². The van der Waals surface area contributed by atoms with E-state index < -0.39 is 38.0 Å². The van der Waals surface area contributed by atoms with Gasteiger partial charge in [0.25, 0.3) is 5.91 Å². The normalized spacial score (nSPS) is 26.6. The zero-order valence-electron chi connectivity index (χ0n) is 23.5. The minimum atomic E-state index is -2.10. The van der Waals surface area contributed by atoms with E-state index in [1.807, 2.05) is 19.9 Å². The number of ether oxygens (including phenoxy) is 3. The lowest BCUT2D eigenvalue weighted by Gasteiger charge is -2.37. The smallest absolute Gasteiger partial charge is 0.256 e. The van der Waals surface area contributed by atoms with Gasteiger partial charge in [0.2, 0.25) is 5.60 Å². The van der Waals surface area contributed by atoms with Crippen molar-refractivity contribution in [3.63, 3.8) is 0 Å². The summed E-state index contributed by atoms with van der Waals surface area (Å²) in [6.45, 7) is 14.7. The Bertz CT molecular complexity index is 1290. The SMILES string of the molecule is CC1(C)O[C@H]2[C@@H](O1)[C@](C#N)(c1ccc(/C(=N\C=N)NC(=O)c3ccccc3)[nH]1)O[C@@H]2CO[Si](C)(C)C(C)(C)C. The second-order valence-corrected chi connectivity index (χ2v) is 16.6. The summed E-state index contributed by atoms with van der Waals surface area (Å²) in [5.41, 5.74) is -0.234. The Labute approximate surface area is 230 Å². The molecule has 39 heavy (non-hydrogen) atoms. The maximum Gasteiger partial charge on any atom is 0.256 e. The molecule has 11 heteroatoms. The fraction of sp³-hybridized carbons (Fsp3) is 0.500. The van der Waals surface area contributed by atoms with Crippen LogP contribution >= 0.6 is 0 Å². The van der Waals surface area contributed by atoms with Crippen LogP contribution < -0.4 is 5.32 Å². The third kappa shape index (κ3) is 5.62. The number of carbonyl (C=O) groups is 1. The fourth-order valence-electron chi connectivity index (χ4n) is 4.50. The molecule has 0 spiro atoms. The van der Waals surface area contributed by atoms with Crippen LogP contribution in [-0.2, 0) is 24.2 Å². The molecule has 2 fully saturated rings. The highest BCUT2D eigenvalue weighted by Crippen LogP contribution is 2.49. The Morgan fingerprint density at radius 3 is 2.51 bits per heavy atom. The Balaban J connectivity index is 1.63. The number of hydrogen-bond acceptors (Lipinski definition) is 7. The van der Waals surface area contributed by atoms with Crippen molar-refractivity contribution in [3.8, 4) is 6.07 Å². The summed E-state index contributed by atoms with van der Waals surface area (Å²) < 4.78 is 25.4. The maximum atomic E-state index is 12.8. The van der Waals surface area contributed by atoms with Crippen molar-refractivity contribution < 1.29 is 23.4 Å². The molecule has 0 radical (unpaired) electrons. The highest BCUT2D eigenvalue weighted by molar-refractivity contribution is 6.74. The summed E-state index contributed by atoms with van der Waals surface area (Å²) in [5.74, 6) is -1.16. The number of hydrogen-bond donors (Lipinski definition) is 3. The number of H-pyrrole nitrogens is 1. The zero-order valence-corrected chi connectivity index (χ0v) is 24.5. The highest BCUT2D eigenvalue weighted by atomic mass is 28.4. The molecule has 2 aromatic rings. The molecule has 208 valence electrons. The number of carbonyl (C=O) groups excluding carboxylic acids is 1. The molecule has 3 heterocycles. The fourth-order valence-corrected chi connectivity index (χ4v) is 5.52. The minimum Gasteiger partial charge on any atom is -0.414 e. The van der Waals surface area contributed by atoms with Crippen LogP contribution in [0.1, 0.15) is 56.4 Å². The van der Waals surface area contributed by atoms with Gasteiger partial charge in [0.05, 0.1) is 18.0 Å². The number of aromatic amines is 1. The van der Waals surface area contributed by atoms with Crippen molar-refractivity contribution in [2.45, 2.75) is 82.5 Å². The first-order valence-corrected chi connectivity index (χ1v) is 15.9. The van der Waals surface area contributed by atoms with E-state index in [2.05, 4.69) is 55.2 Å². The van der Waals surface area contributed by atoms with Crippen LogP contribution in [0.3, 0.4) is 0 Å². The number of nitrogens with zero attached hydrogens (tertiary/aromatic N) is 2. The molecular formula is C28H37N5O5Si. The van der Waals surface area contributed by atoms with Gasteiger partial charge in [-0.2, -0.15) is 5.26 Å². The van der Waals surface area contributed by atoms with Crippen LogP contribution in [0, 0.1) is 16.7 Å². The molecule has 0 unspecified atom stereocenters. The molecule has 0 saturated carbocycles. The van der Waals surface area contributed by atoms with Gasteiger partial charge in [0.15, 0.2) is 19.9 Å². The van der Waals surface area contributed by atoms with E-state index in [9.17, 15) is 10.1 Å². The second kappa shape index (κ2) is 10.4. The Kier molecular flexibility index (Phi) is 7.73. The zero-order chi connectivity index (χ0) is 28.6. The molecule has 1 aromatic heterocycles. The number of nitriles is 1. The van der Waals surface area contributed by atoms with Crippen molar-refractivity contribution >= 4 is 26.4 Å². The molecule has 2 saturated heterocycles. The number of nitrogens with one attached hydrogen (secondary N) is 3. The third-order valence-corrected chi connectivity index (χ3v) is 12.1. The quantitative estimate of drug-likeness (QED) is 0.264. The van der Waals surface area contributed by atoms with Gasteiger partial charge in [-0.3, -0.25) is 10.2 Å². The molecule has 2 aliphatic heterocycles. The molecule has 1 amide bonds. The summed E-state index contributed by atoms with van der Waals surface area (Å²) in [6, 6.07) is 14.4. The van der Waals surface area contributed by atoms with E-state index in [0.717, 1.165) is 6.34 Å². The van der Waals surface area contributed by atoms with Crippen LogP contribution in [0.2, 0.25) is 18.1 Å². The van der Waals surface area contributed by atoms with Gasteiger partial charge in [-0.15, -0.1) is 0 Å². The molecule has 4 atom stereocenters. The van der Waals surface area contributed by atoms with Crippen LogP contribution in [0.25, 0.3) is 0 Å². The number of benzene rings is 1. The average Bonchev–Trinajstić information content (AvgIpc) is 3.55. The van der Waals surface area contributed by atoms with Gasteiger partial charge in [0.1, 0.15) is 30.7 Å². The minimum absolute atomic E-state index is 0.00672. The first kappa shape index (κ1) is 28.9. The highest BCUT2D eigenvalue weighted by Gasteiger charge is 2.65. The number of fused-ring (bicyclic) bond motifs is 1. The third-order valence-electron chi connectivity index (χ3n) is 7.62. The van der Waals surface area contributed by atoms with Crippen LogP contribution in [0.15, 0.2) is 47.5 Å². The number of amides is 1. The van der Waals surface area contributed by atoms with E-state index in [0.29, 0.717) is 17.0 Å². The molecule has 10 nitrogen and oxygen atoms in total. The molecule has 2 aliphatic rings. The van der Waals surface area contributed by atoms with Gasteiger partial charge < -0.3 is 28.9 Å². The molecular weight excluding hydrogens is 514 g/mol. The first-order valence-electron chi connectivity index (χ1n) is 12.9. The summed E-state index contributed by atoms with van der Waals surface area (Å²) in [4.78, 5) is 20.0. The van der Waals surface area contributed by atoms with Crippen molar-refractivity contribution in [2.24, 2.45) is 4.99 Å². The van der Waals surface area contributed by atoms with E-state index in [4.69, 9.17) is 24.0 Å². The van der Waals surface area contributed by atoms with Crippen LogP contribution in [0.4, 0.5) is 0 Å². The topological polar surface area (TPSA) is 142 Å². The summed E-state index contributed by atoms with van der Waals surface area (Å²) in [5, 5.41) is 20.7. The molecule has 1 aromatic carbocycles. The lowest BCUT2D eigenvalue weighted by Crippen LogP contribution is -2.44. The molecule has 0 bridgehead atoms. The molecule has 3 N–H and O–H groups in total. The number of aromatic nitrogens is 1. The number of rotatable bonds is 7. The summed E-state index contributed by atoms with van der Waals surface area (Å²) in [6.07, 6.45) is -0.943. The monoisotopic (exact) mass is 551 g/mol. The average molecular weight is 552 g/mol. The predicted molar refractivity (Wildman–Crippen MR) is 149 cm³/mol. The lowest BCUT2D eigenvalue weighted by atomic mass is 9.93.